The van der Waals surface area contributed by atoms with Crippen LogP contribution in [0, 0.1) is 6.92 Å². The summed E-state index contributed by atoms with van der Waals surface area (Å²) in [6, 6.07) is 9.12. The Balaban J connectivity index is 2.47. The molecule has 0 radical (unpaired) electrons. The molecular weight excluding hydrogens is 258 g/mol. The second-order valence-electron chi connectivity index (χ2n) is 5.15. The highest BCUT2D eigenvalue weighted by Crippen LogP contribution is 2.23. The zero-order chi connectivity index (χ0) is 14.2. The van der Waals surface area contributed by atoms with Gasteiger partial charge in [0.15, 0.2) is 0 Å². The SMILES string of the molecule is Cc1cc(C(C)C)n(C)c1C(=O)c1ccc(Cl)cc1. The minimum atomic E-state index is 0.0450. The van der Waals surface area contributed by atoms with Crippen LogP contribution in [0.15, 0.2) is 30.3 Å². The number of halogens is 1. The number of hydrogen-bond donors (Lipinski definition) is 0. The lowest BCUT2D eigenvalue weighted by atomic mass is 10.1. The van der Waals surface area contributed by atoms with E-state index >= 15 is 0 Å². The molecule has 0 aliphatic heterocycles. The molecule has 0 saturated carbocycles. The average molecular weight is 276 g/mol. The van der Waals surface area contributed by atoms with Gasteiger partial charge in [0, 0.05) is 23.3 Å². The number of aryl methyl sites for hydroxylation is 1. The Bertz CT molecular complexity index is 608. The summed E-state index contributed by atoms with van der Waals surface area (Å²) in [5.74, 6) is 0.444. The predicted octanol–water partition coefficient (Wildman–Crippen LogP) is 4.34. The van der Waals surface area contributed by atoms with Gasteiger partial charge in [0.2, 0.25) is 5.78 Å². The molecule has 2 nitrogen and oxygen atoms in total. The fraction of sp³-hybridized carbons (Fsp3) is 0.312. The fourth-order valence-electron chi connectivity index (χ4n) is 2.40. The number of ketones is 1. The number of nitrogens with zero attached hydrogens (tertiary/aromatic N) is 1. The van der Waals surface area contributed by atoms with Crippen molar-refractivity contribution in [3.63, 3.8) is 0 Å². The Morgan fingerprint density at radius 3 is 2.26 bits per heavy atom. The summed E-state index contributed by atoms with van der Waals surface area (Å²) in [6.45, 7) is 6.24. The molecule has 2 rings (SSSR count). The van der Waals surface area contributed by atoms with Crippen molar-refractivity contribution in [1.29, 1.82) is 0 Å². The van der Waals surface area contributed by atoms with E-state index in [0.717, 1.165) is 11.3 Å². The van der Waals surface area contributed by atoms with Crippen molar-refractivity contribution < 1.29 is 4.79 Å². The molecule has 0 N–H and O–H groups in total. The molecule has 3 heteroatoms. The molecule has 0 spiro atoms. The van der Waals surface area contributed by atoms with Gasteiger partial charge in [-0.3, -0.25) is 4.79 Å². The van der Waals surface area contributed by atoms with E-state index in [1.54, 1.807) is 24.3 Å². The molecular formula is C16H18ClNO. The molecule has 0 fully saturated rings. The third-order valence-corrected chi connectivity index (χ3v) is 3.63. The van der Waals surface area contributed by atoms with Gasteiger partial charge in [0.05, 0.1) is 5.69 Å². The van der Waals surface area contributed by atoms with Gasteiger partial charge in [0.1, 0.15) is 0 Å². The first-order chi connectivity index (χ1) is 8.91. The zero-order valence-corrected chi connectivity index (χ0v) is 12.5. The van der Waals surface area contributed by atoms with Gasteiger partial charge in [0.25, 0.3) is 0 Å². The number of carbonyl (C=O) groups excluding carboxylic acids is 1. The summed E-state index contributed by atoms with van der Waals surface area (Å²) >= 11 is 5.85. The first-order valence-electron chi connectivity index (χ1n) is 6.38. The summed E-state index contributed by atoms with van der Waals surface area (Å²) in [5.41, 5.74) is 3.62. The van der Waals surface area contributed by atoms with Crippen LogP contribution in [-0.4, -0.2) is 10.4 Å². The van der Waals surface area contributed by atoms with Gasteiger partial charge in [-0.05, 0) is 48.7 Å². The molecule has 19 heavy (non-hydrogen) atoms. The number of carbonyl (C=O) groups is 1. The van der Waals surface area contributed by atoms with Crippen molar-refractivity contribution in [1.82, 2.24) is 4.57 Å². The Hall–Kier alpha value is -1.54. The largest absolute Gasteiger partial charge is 0.345 e. The van der Waals surface area contributed by atoms with Crippen LogP contribution >= 0.6 is 11.6 Å². The molecule has 1 aromatic heterocycles. The van der Waals surface area contributed by atoms with Crippen molar-refractivity contribution in [2.24, 2.45) is 7.05 Å². The van der Waals surface area contributed by atoms with E-state index < -0.39 is 0 Å². The van der Waals surface area contributed by atoms with Crippen molar-refractivity contribution in [3.8, 4) is 0 Å². The third kappa shape index (κ3) is 2.59. The third-order valence-electron chi connectivity index (χ3n) is 3.37. The average Bonchev–Trinajstić information content (AvgIpc) is 2.65. The molecule has 0 aliphatic rings. The van der Waals surface area contributed by atoms with Crippen LogP contribution in [0.1, 0.15) is 47.1 Å². The van der Waals surface area contributed by atoms with Crippen LogP contribution in [0.25, 0.3) is 0 Å². The van der Waals surface area contributed by atoms with Crippen LogP contribution < -0.4 is 0 Å². The van der Waals surface area contributed by atoms with E-state index in [1.807, 2.05) is 18.5 Å². The van der Waals surface area contributed by atoms with Crippen LogP contribution in [0.2, 0.25) is 5.02 Å². The topological polar surface area (TPSA) is 22.0 Å². The van der Waals surface area contributed by atoms with Gasteiger partial charge < -0.3 is 4.57 Å². The van der Waals surface area contributed by atoms with Gasteiger partial charge in [-0.25, -0.2) is 0 Å². The lowest BCUT2D eigenvalue weighted by Gasteiger charge is -2.10. The van der Waals surface area contributed by atoms with Gasteiger partial charge in [-0.2, -0.15) is 0 Å². The monoisotopic (exact) mass is 275 g/mol. The summed E-state index contributed by atoms with van der Waals surface area (Å²) in [6.07, 6.45) is 0. The van der Waals surface area contributed by atoms with Crippen LogP contribution in [-0.2, 0) is 7.05 Å². The quantitative estimate of drug-likeness (QED) is 0.764. The second-order valence-corrected chi connectivity index (χ2v) is 5.59. The van der Waals surface area contributed by atoms with Crippen LogP contribution in [0.3, 0.4) is 0 Å². The summed E-state index contributed by atoms with van der Waals surface area (Å²) in [7, 11) is 1.95. The van der Waals surface area contributed by atoms with E-state index in [-0.39, 0.29) is 5.78 Å². The Labute approximate surface area is 119 Å². The number of aromatic nitrogens is 1. The highest BCUT2D eigenvalue weighted by atomic mass is 35.5. The molecule has 0 atom stereocenters. The maximum atomic E-state index is 12.6. The number of hydrogen-bond acceptors (Lipinski definition) is 1. The number of rotatable bonds is 3. The molecule has 1 aromatic carbocycles. The van der Waals surface area contributed by atoms with E-state index in [4.69, 9.17) is 11.6 Å². The first kappa shape index (κ1) is 13.9. The fourth-order valence-corrected chi connectivity index (χ4v) is 2.53. The van der Waals surface area contributed by atoms with E-state index in [1.165, 1.54) is 5.69 Å². The van der Waals surface area contributed by atoms with E-state index in [0.29, 0.717) is 16.5 Å². The van der Waals surface area contributed by atoms with Crippen molar-refractivity contribution in [3.05, 3.63) is 57.9 Å². The molecule has 100 valence electrons. The molecule has 0 aliphatic carbocycles. The first-order valence-corrected chi connectivity index (χ1v) is 6.76. The molecule has 1 heterocycles. The molecule has 0 saturated heterocycles. The highest BCUT2D eigenvalue weighted by molar-refractivity contribution is 6.30. The summed E-state index contributed by atoms with van der Waals surface area (Å²) in [4.78, 5) is 12.6. The lowest BCUT2D eigenvalue weighted by molar-refractivity contribution is 0.103. The van der Waals surface area contributed by atoms with E-state index in [2.05, 4.69) is 19.9 Å². The Morgan fingerprint density at radius 1 is 1.21 bits per heavy atom. The van der Waals surface area contributed by atoms with Gasteiger partial charge in [-0.1, -0.05) is 25.4 Å². The molecule has 0 bridgehead atoms. The summed E-state index contributed by atoms with van der Waals surface area (Å²) < 4.78 is 2.00. The Morgan fingerprint density at radius 2 is 1.79 bits per heavy atom. The van der Waals surface area contributed by atoms with Crippen LogP contribution in [0.4, 0.5) is 0 Å². The summed E-state index contributed by atoms with van der Waals surface area (Å²) in [5, 5.41) is 0.642. The lowest BCUT2D eigenvalue weighted by Crippen LogP contribution is -2.10. The van der Waals surface area contributed by atoms with Gasteiger partial charge >= 0.3 is 0 Å². The zero-order valence-electron chi connectivity index (χ0n) is 11.7. The maximum absolute atomic E-state index is 12.6. The van der Waals surface area contributed by atoms with Gasteiger partial charge in [-0.15, -0.1) is 0 Å². The minimum Gasteiger partial charge on any atom is -0.345 e. The smallest absolute Gasteiger partial charge is 0.209 e. The van der Waals surface area contributed by atoms with Crippen molar-refractivity contribution >= 4 is 17.4 Å². The molecule has 0 amide bonds. The van der Waals surface area contributed by atoms with E-state index in [9.17, 15) is 4.79 Å². The maximum Gasteiger partial charge on any atom is 0.209 e. The molecule has 0 unspecified atom stereocenters. The highest BCUT2D eigenvalue weighted by Gasteiger charge is 2.19. The standard InChI is InChI=1S/C16H18ClNO/c1-10(2)14-9-11(3)15(18(14)4)16(19)12-5-7-13(17)8-6-12/h5-10H,1-4H3. The molecule has 2 aromatic rings. The van der Waals surface area contributed by atoms with Crippen molar-refractivity contribution in [2.45, 2.75) is 26.7 Å². The minimum absolute atomic E-state index is 0.0450. The Kier molecular flexibility index (Phi) is 3.81. The number of benzene rings is 1. The second kappa shape index (κ2) is 5.22. The predicted molar refractivity (Wildman–Crippen MR) is 79.1 cm³/mol. The van der Waals surface area contributed by atoms with Crippen molar-refractivity contribution in [2.75, 3.05) is 0 Å². The normalized spacial score (nSPS) is 11.1. The van der Waals surface area contributed by atoms with Crippen LogP contribution in [0.5, 0.6) is 0 Å².